The number of amides is 2. The maximum atomic E-state index is 13.2. The molecule has 0 aromatic heterocycles. The lowest BCUT2D eigenvalue weighted by Gasteiger charge is -2.26. The fourth-order valence-electron chi connectivity index (χ4n) is 4.08. The first-order valence-electron chi connectivity index (χ1n) is 11.6. The van der Waals surface area contributed by atoms with Crippen LogP contribution in [0.4, 0.5) is 5.69 Å². The number of nitrogens with one attached hydrogen (secondary N) is 1. The summed E-state index contributed by atoms with van der Waals surface area (Å²) in [4.78, 5) is 38.0. The van der Waals surface area contributed by atoms with Crippen molar-refractivity contribution >= 4 is 23.8 Å². The Bertz CT molecular complexity index is 1070. The van der Waals surface area contributed by atoms with Crippen molar-refractivity contribution in [1.29, 1.82) is 0 Å². The van der Waals surface area contributed by atoms with Crippen LogP contribution in [0.1, 0.15) is 42.9 Å². The number of carbonyl (C=O) groups excluding carboxylic acids is 3. The molecule has 0 aliphatic carbocycles. The molecule has 2 aromatic carbocycles. The van der Waals surface area contributed by atoms with Crippen LogP contribution in [0.5, 0.6) is 0 Å². The number of fused-ring (bicyclic) bond motifs is 1. The van der Waals surface area contributed by atoms with Crippen LogP contribution >= 0.6 is 0 Å². The number of rotatable bonds is 11. The average molecular weight is 458 g/mol. The molecule has 0 radical (unpaired) electrons. The van der Waals surface area contributed by atoms with E-state index in [0.29, 0.717) is 24.8 Å². The summed E-state index contributed by atoms with van der Waals surface area (Å²) < 4.78 is 0. The van der Waals surface area contributed by atoms with E-state index in [0.717, 1.165) is 36.9 Å². The quantitative estimate of drug-likeness (QED) is 0.229. The predicted molar refractivity (Wildman–Crippen MR) is 135 cm³/mol. The number of para-hydroxylation sites is 1. The molecule has 0 saturated carbocycles. The molecular weight excluding hydrogens is 426 g/mol. The highest BCUT2D eigenvalue weighted by Gasteiger charge is 2.33. The Morgan fingerprint density at radius 2 is 1.76 bits per heavy atom. The zero-order chi connectivity index (χ0) is 24.2. The van der Waals surface area contributed by atoms with Gasteiger partial charge in [0.15, 0.2) is 0 Å². The summed E-state index contributed by atoms with van der Waals surface area (Å²) in [6.45, 7) is 0.513. The molecule has 0 saturated heterocycles. The smallest absolute Gasteiger partial charge is 0.244 e. The zero-order valence-corrected chi connectivity index (χ0v) is 19.2. The van der Waals surface area contributed by atoms with Gasteiger partial charge < -0.3 is 16.0 Å². The van der Waals surface area contributed by atoms with Gasteiger partial charge in [0.1, 0.15) is 6.29 Å². The molecule has 2 aromatic rings. The average Bonchev–Trinajstić information content (AvgIpc) is 3.26. The minimum absolute atomic E-state index is 0.0304. The highest BCUT2D eigenvalue weighted by atomic mass is 16.2. The van der Waals surface area contributed by atoms with E-state index in [2.05, 4.69) is 23.5 Å². The summed E-state index contributed by atoms with van der Waals surface area (Å²) in [5, 5.41) is 2.80. The van der Waals surface area contributed by atoms with Crippen molar-refractivity contribution in [3.63, 3.8) is 0 Å². The first kappa shape index (κ1) is 24.7. The fraction of sp³-hybridized carbons (Fsp3) is 0.250. The van der Waals surface area contributed by atoms with Gasteiger partial charge in [-0.15, -0.1) is 0 Å². The molecule has 1 heterocycles. The Morgan fingerprint density at radius 3 is 2.53 bits per heavy atom. The lowest BCUT2D eigenvalue weighted by molar-refractivity contribution is -0.119. The highest BCUT2D eigenvalue weighted by Crippen LogP contribution is 2.40. The third-order valence-corrected chi connectivity index (χ3v) is 5.76. The minimum atomic E-state index is -0.264. The van der Waals surface area contributed by atoms with E-state index in [1.165, 1.54) is 36.1 Å². The number of aldehydes is 1. The van der Waals surface area contributed by atoms with Gasteiger partial charge in [0.2, 0.25) is 11.8 Å². The molecule has 1 aliphatic heterocycles. The number of anilines is 1. The van der Waals surface area contributed by atoms with Crippen LogP contribution in [0.25, 0.3) is 0 Å². The first-order valence-corrected chi connectivity index (χ1v) is 11.6. The number of hydrogen-bond acceptors (Lipinski definition) is 4. The third kappa shape index (κ3) is 6.78. The van der Waals surface area contributed by atoms with Crippen LogP contribution < -0.4 is 16.0 Å². The van der Waals surface area contributed by atoms with Crippen LogP contribution in [-0.4, -0.2) is 24.6 Å². The van der Waals surface area contributed by atoms with Gasteiger partial charge >= 0.3 is 0 Å². The van der Waals surface area contributed by atoms with E-state index in [-0.39, 0.29) is 17.9 Å². The molecule has 1 unspecified atom stereocenters. The molecule has 6 heteroatoms. The molecule has 34 heavy (non-hydrogen) atoms. The molecule has 2 amide bonds. The van der Waals surface area contributed by atoms with Crippen LogP contribution in [0, 0.1) is 0 Å². The van der Waals surface area contributed by atoms with Gasteiger partial charge in [0, 0.05) is 30.3 Å². The lowest BCUT2D eigenvalue weighted by Crippen LogP contribution is -2.32. The van der Waals surface area contributed by atoms with Crippen LogP contribution in [-0.2, 0) is 20.8 Å². The number of hydrogen-bond donors (Lipinski definition) is 2. The van der Waals surface area contributed by atoms with Crippen molar-refractivity contribution in [1.82, 2.24) is 5.32 Å². The van der Waals surface area contributed by atoms with Crippen LogP contribution in [0.2, 0.25) is 0 Å². The summed E-state index contributed by atoms with van der Waals surface area (Å²) in [6.07, 6.45) is 11.4. The molecule has 0 fully saturated rings. The van der Waals surface area contributed by atoms with Crippen LogP contribution in [0.3, 0.4) is 0 Å². The molecule has 3 rings (SSSR count). The summed E-state index contributed by atoms with van der Waals surface area (Å²) in [5.74, 6) is -0.134. The van der Waals surface area contributed by atoms with Gasteiger partial charge in [-0.1, -0.05) is 61.0 Å². The molecular formula is C28H31N3O3. The van der Waals surface area contributed by atoms with Crippen molar-refractivity contribution in [2.24, 2.45) is 5.73 Å². The van der Waals surface area contributed by atoms with Gasteiger partial charge in [-0.2, -0.15) is 0 Å². The lowest BCUT2D eigenvalue weighted by atomic mass is 10.0. The van der Waals surface area contributed by atoms with E-state index >= 15 is 0 Å². The second-order valence-electron chi connectivity index (χ2n) is 8.13. The normalized spacial score (nSPS) is 15.6. The van der Waals surface area contributed by atoms with Gasteiger partial charge in [-0.25, -0.2) is 0 Å². The molecule has 0 spiro atoms. The van der Waals surface area contributed by atoms with E-state index < -0.39 is 0 Å². The van der Waals surface area contributed by atoms with Crippen molar-refractivity contribution in [2.45, 2.75) is 38.1 Å². The Hall–Kier alpha value is -3.93. The monoisotopic (exact) mass is 457 g/mol. The summed E-state index contributed by atoms with van der Waals surface area (Å²) >= 11 is 0. The van der Waals surface area contributed by atoms with Crippen molar-refractivity contribution in [2.75, 3.05) is 11.4 Å². The Labute approximate surface area is 200 Å². The Balaban J connectivity index is 1.45. The molecule has 1 atom stereocenters. The van der Waals surface area contributed by atoms with E-state index in [4.69, 9.17) is 5.73 Å². The molecule has 176 valence electrons. The van der Waals surface area contributed by atoms with Gasteiger partial charge in [0.05, 0.1) is 6.04 Å². The second kappa shape index (κ2) is 12.9. The maximum absolute atomic E-state index is 13.2. The first-order chi connectivity index (χ1) is 16.6. The summed E-state index contributed by atoms with van der Waals surface area (Å²) in [5.41, 5.74) is 8.94. The zero-order valence-electron chi connectivity index (χ0n) is 19.2. The van der Waals surface area contributed by atoms with Crippen molar-refractivity contribution in [3.8, 4) is 0 Å². The topological polar surface area (TPSA) is 92.5 Å². The van der Waals surface area contributed by atoms with E-state index in [1.807, 2.05) is 41.3 Å². The van der Waals surface area contributed by atoms with Crippen LogP contribution in [0.15, 0.2) is 90.7 Å². The highest BCUT2D eigenvalue weighted by molar-refractivity contribution is 5.96. The summed E-state index contributed by atoms with van der Waals surface area (Å²) in [7, 11) is 0. The largest absolute Gasteiger partial charge is 0.405 e. The fourth-order valence-corrected chi connectivity index (χ4v) is 4.08. The summed E-state index contributed by atoms with van der Waals surface area (Å²) in [6, 6.07) is 18.3. The SMILES string of the molecule is N\C=C/C=C(C=O)/C=C/C(=O)NCCCCCC(=O)N1c2ccccc2CC1c1ccccc1. The van der Waals surface area contributed by atoms with Crippen molar-refractivity contribution in [3.05, 3.63) is 102 Å². The van der Waals surface area contributed by atoms with E-state index in [1.54, 1.807) is 0 Å². The predicted octanol–water partition coefficient (Wildman–Crippen LogP) is 4.15. The van der Waals surface area contributed by atoms with Gasteiger partial charge in [-0.3, -0.25) is 14.4 Å². The number of carbonyl (C=O) groups is 3. The number of allylic oxidation sites excluding steroid dienone is 4. The number of nitrogens with zero attached hydrogens (tertiary/aromatic N) is 1. The molecule has 0 bridgehead atoms. The van der Waals surface area contributed by atoms with Gasteiger partial charge in [-0.05, 0) is 54.8 Å². The standard InChI is InChI=1S/C28H31N3O3/c29-18-9-10-22(21-32)16-17-27(33)30-19-8-2-5-15-28(34)31-25-14-7-6-13-24(25)20-26(31)23-11-3-1-4-12-23/h1,3-4,6-7,9-14,16-18,21,26H,2,5,8,15,19-20,29H2,(H,30,33)/b17-16+,18-9-,22-10-. The number of benzene rings is 2. The van der Waals surface area contributed by atoms with Crippen molar-refractivity contribution < 1.29 is 14.4 Å². The number of unbranched alkanes of at least 4 members (excludes halogenated alkanes) is 2. The maximum Gasteiger partial charge on any atom is 0.244 e. The Morgan fingerprint density at radius 1 is 1.00 bits per heavy atom. The van der Waals surface area contributed by atoms with E-state index in [9.17, 15) is 14.4 Å². The minimum Gasteiger partial charge on any atom is -0.405 e. The molecule has 1 aliphatic rings. The Kier molecular flexibility index (Phi) is 9.40. The second-order valence-corrected chi connectivity index (χ2v) is 8.13. The molecule has 6 nitrogen and oxygen atoms in total. The molecule has 3 N–H and O–H groups in total. The number of nitrogens with two attached hydrogens (primary N) is 1. The van der Waals surface area contributed by atoms with Gasteiger partial charge in [0.25, 0.3) is 0 Å². The third-order valence-electron chi connectivity index (χ3n) is 5.76.